The monoisotopic (exact) mass is 214 g/mol. The molecule has 2 aliphatic rings. The summed E-state index contributed by atoms with van der Waals surface area (Å²) < 4.78 is 5.38. The maximum atomic E-state index is 5.38. The second-order valence-corrected chi connectivity index (χ2v) is 5.30. The Hall–Kier alpha value is -0.220. The Bertz CT molecular complexity index is 234. The van der Waals surface area contributed by atoms with Crippen LogP contribution in [0.2, 0.25) is 0 Å². The summed E-state index contributed by atoms with van der Waals surface area (Å²) in [6, 6.07) is 0.389. The molecule has 1 N–H and O–H groups in total. The Morgan fingerprint density at radius 2 is 2.14 bits per heavy atom. The van der Waals surface area contributed by atoms with E-state index in [-0.39, 0.29) is 5.54 Å². The molecular formula is C10H18N2OS. The molecule has 0 aromatic heterocycles. The Morgan fingerprint density at radius 1 is 1.43 bits per heavy atom. The number of amidine groups is 1. The highest BCUT2D eigenvalue weighted by molar-refractivity contribution is 8.14. The molecule has 0 unspecified atom stereocenters. The van der Waals surface area contributed by atoms with E-state index in [9.17, 15) is 0 Å². The van der Waals surface area contributed by atoms with Crippen LogP contribution in [-0.2, 0) is 4.74 Å². The van der Waals surface area contributed by atoms with Crippen molar-refractivity contribution < 1.29 is 4.74 Å². The largest absolute Gasteiger partial charge is 0.381 e. The first-order chi connectivity index (χ1) is 6.70. The summed E-state index contributed by atoms with van der Waals surface area (Å²) in [6.07, 6.45) is 2.24. The van der Waals surface area contributed by atoms with Crippen molar-refractivity contribution in [1.82, 2.24) is 5.32 Å². The van der Waals surface area contributed by atoms with E-state index < -0.39 is 0 Å². The van der Waals surface area contributed by atoms with Crippen LogP contribution in [-0.4, -0.2) is 35.7 Å². The van der Waals surface area contributed by atoms with Gasteiger partial charge in [-0.1, -0.05) is 11.8 Å². The summed E-state index contributed by atoms with van der Waals surface area (Å²) in [5.74, 6) is 1.15. The molecule has 4 heteroatoms. The lowest BCUT2D eigenvalue weighted by molar-refractivity contribution is 0.0555. The summed E-state index contributed by atoms with van der Waals surface area (Å²) in [6.45, 7) is 6.01. The third kappa shape index (κ3) is 2.23. The van der Waals surface area contributed by atoms with Crippen LogP contribution in [0.5, 0.6) is 0 Å². The van der Waals surface area contributed by atoms with Crippen molar-refractivity contribution in [1.29, 1.82) is 0 Å². The predicted octanol–water partition coefficient (Wildman–Crippen LogP) is 1.64. The zero-order chi connectivity index (χ0) is 10.0. The van der Waals surface area contributed by atoms with Gasteiger partial charge in [0.25, 0.3) is 0 Å². The van der Waals surface area contributed by atoms with Crippen LogP contribution in [0.15, 0.2) is 4.99 Å². The number of hydrogen-bond acceptors (Lipinski definition) is 3. The van der Waals surface area contributed by atoms with Gasteiger partial charge in [0.05, 0.1) is 5.54 Å². The fourth-order valence-corrected chi connectivity index (χ4v) is 3.19. The summed E-state index contributed by atoms with van der Waals surface area (Å²) in [4.78, 5) is 4.55. The number of ether oxygens (including phenoxy) is 1. The average molecular weight is 214 g/mol. The molecular weight excluding hydrogens is 196 g/mol. The van der Waals surface area contributed by atoms with Crippen molar-refractivity contribution in [2.75, 3.05) is 19.0 Å². The fraction of sp³-hybridized carbons (Fsp3) is 0.900. The number of hydrogen-bond donors (Lipinski definition) is 1. The molecule has 3 nitrogen and oxygen atoms in total. The molecule has 2 rings (SSSR count). The molecule has 0 bridgehead atoms. The minimum atomic E-state index is 0.288. The van der Waals surface area contributed by atoms with E-state index in [2.05, 4.69) is 24.2 Å². The topological polar surface area (TPSA) is 33.6 Å². The van der Waals surface area contributed by atoms with Crippen molar-refractivity contribution in [2.24, 2.45) is 4.99 Å². The van der Waals surface area contributed by atoms with Gasteiger partial charge in [-0.25, -0.2) is 0 Å². The summed E-state index contributed by atoms with van der Waals surface area (Å²) in [7, 11) is 0. The van der Waals surface area contributed by atoms with E-state index in [1.807, 2.05) is 11.8 Å². The number of thioether (sulfide) groups is 1. The minimum Gasteiger partial charge on any atom is -0.381 e. The molecule has 0 aliphatic carbocycles. The van der Waals surface area contributed by atoms with Crippen molar-refractivity contribution in [3.63, 3.8) is 0 Å². The molecule has 0 aromatic rings. The fourth-order valence-electron chi connectivity index (χ4n) is 1.84. The highest BCUT2D eigenvalue weighted by Crippen LogP contribution is 2.31. The number of aliphatic imine (C=N–C) groups is 1. The van der Waals surface area contributed by atoms with E-state index in [1.54, 1.807) is 0 Å². The minimum absolute atomic E-state index is 0.288. The van der Waals surface area contributed by atoms with E-state index >= 15 is 0 Å². The van der Waals surface area contributed by atoms with Gasteiger partial charge in [0.15, 0.2) is 5.17 Å². The SMILES string of the molecule is CC(C)N=C1NC2(CCOCC2)CS1. The molecule has 0 amide bonds. The van der Waals surface area contributed by atoms with E-state index in [1.165, 1.54) is 0 Å². The van der Waals surface area contributed by atoms with Gasteiger partial charge >= 0.3 is 0 Å². The lowest BCUT2D eigenvalue weighted by atomic mass is 9.93. The van der Waals surface area contributed by atoms with Gasteiger partial charge in [-0.15, -0.1) is 0 Å². The normalized spacial score (nSPS) is 28.6. The number of nitrogens with zero attached hydrogens (tertiary/aromatic N) is 1. The summed E-state index contributed by atoms with van der Waals surface area (Å²) in [5.41, 5.74) is 0.288. The second-order valence-electron chi connectivity index (χ2n) is 4.33. The second kappa shape index (κ2) is 4.11. The van der Waals surface area contributed by atoms with E-state index in [4.69, 9.17) is 4.74 Å². The van der Waals surface area contributed by atoms with Crippen LogP contribution in [0, 0.1) is 0 Å². The Morgan fingerprint density at radius 3 is 2.79 bits per heavy atom. The smallest absolute Gasteiger partial charge is 0.157 e. The summed E-state index contributed by atoms with van der Waals surface area (Å²) >= 11 is 1.86. The third-order valence-electron chi connectivity index (χ3n) is 2.68. The van der Waals surface area contributed by atoms with Crippen LogP contribution in [0.1, 0.15) is 26.7 Å². The average Bonchev–Trinajstić information content (AvgIpc) is 2.49. The molecule has 0 radical (unpaired) electrons. The van der Waals surface area contributed by atoms with Crippen LogP contribution in [0.25, 0.3) is 0 Å². The van der Waals surface area contributed by atoms with Gasteiger partial charge in [0.1, 0.15) is 0 Å². The van der Waals surface area contributed by atoms with Crippen LogP contribution in [0.4, 0.5) is 0 Å². The summed E-state index contributed by atoms with van der Waals surface area (Å²) in [5, 5.41) is 4.70. The Labute approximate surface area is 89.7 Å². The molecule has 0 saturated carbocycles. The highest BCUT2D eigenvalue weighted by atomic mass is 32.2. The zero-order valence-corrected chi connectivity index (χ0v) is 9.69. The quantitative estimate of drug-likeness (QED) is 0.720. The zero-order valence-electron chi connectivity index (χ0n) is 8.88. The first-order valence-corrected chi connectivity index (χ1v) is 6.25. The van der Waals surface area contributed by atoms with Crippen LogP contribution >= 0.6 is 11.8 Å². The maximum Gasteiger partial charge on any atom is 0.157 e. The highest BCUT2D eigenvalue weighted by Gasteiger charge is 2.38. The molecule has 1 spiro atoms. The van der Waals surface area contributed by atoms with Gasteiger partial charge in [-0.2, -0.15) is 0 Å². The molecule has 2 aliphatic heterocycles. The molecule has 80 valence electrons. The molecule has 2 fully saturated rings. The Balaban J connectivity index is 1.99. The predicted molar refractivity (Wildman–Crippen MR) is 60.9 cm³/mol. The molecule has 0 aromatic carbocycles. The van der Waals surface area contributed by atoms with Gasteiger partial charge < -0.3 is 10.1 Å². The molecule has 14 heavy (non-hydrogen) atoms. The molecule has 2 heterocycles. The number of rotatable bonds is 1. The van der Waals surface area contributed by atoms with Crippen molar-refractivity contribution in [3.8, 4) is 0 Å². The maximum absolute atomic E-state index is 5.38. The van der Waals surface area contributed by atoms with Crippen LogP contribution < -0.4 is 5.32 Å². The molecule has 2 saturated heterocycles. The first-order valence-electron chi connectivity index (χ1n) is 5.27. The third-order valence-corrected chi connectivity index (χ3v) is 3.86. The van der Waals surface area contributed by atoms with Crippen molar-refractivity contribution >= 4 is 16.9 Å². The van der Waals surface area contributed by atoms with Gasteiger partial charge in [0, 0.05) is 25.0 Å². The Kier molecular flexibility index (Phi) is 3.02. The van der Waals surface area contributed by atoms with Crippen molar-refractivity contribution in [3.05, 3.63) is 0 Å². The first kappa shape index (κ1) is 10.3. The standard InChI is InChI=1S/C10H18N2OS/c1-8(2)11-9-12-10(7-14-9)3-5-13-6-4-10/h8H,3-7H2,1-2H3,(H,11,12). The van der Waals surface area contributed by atoms with Gasteiger partial charge in [0.2, 0.25) is 0 Å². The molecule has 0 atom stereocenters. The number of nitrogens with one attached hydrogen (secondary N) is 1. The lowest BCUT2D eigenvalue weighted by Crippen LogP contribution is -2.48. The van der Waals surface area contributed by atoms with Crippen LogP contribution in [0.3, 0.4) is 0 Å². The lowest BCUT2D eigenvalue weighted by Gasteiger charge is -2.32. The van der Waals surface area contributed by atoms with Gasteiger partial charge in [-0.3, -0.25) is 4.99 Å². The van der Waals surface area contributed by atoms with Gasteiger partial charge in [-0.05, 0) is 26.7 Å². The van der Waals surface area contributed by atoms with E-state index in [0.29, 0.717) is 6.04 Å². The van der Waals surface area contributed by atoms with E-state index in [0.717, 1.165) is 37.0 Å². The van der Waals surface area contributed by atoms with Crippen molar-refractivity contribution in [2.45, 2.75) is 38.3 Å².